The summed E-state index contributed by atoms with van der Waals surface area (Å²) >= 11 is 0. The topological polar surface area (TPSA) is 49.7 Å². The third-order valence-electron chi connectivity index (χ3n) is 1.28. The van der Waals surface area contributed by atoms with Crippen LogP contribution in [0.25, 0.3) is 0 Å². The summed E-state index contributed by atoms with van der Waals surface area (Å²) in [6.45, 7) is 1.94. The zero-order valence-electron chi connectivity index (χ0n) is 5.24. The van der Waals surface area contributed by atoms with E-state index in [0.29, 0.717) is 5.76 Å². The molecule has 3 heteroatoms. The number of ether oxygens (including phenoxy) is 1. The van der Waals surface area contributed by atoms with Crippen molar-refractivity contribution in [3.05, 3.63) is 11.8 Å². The summed E-state index contributed by atoms with van der Waals surface area (Å²) in [7, 11) is 0. The predicted molar refractivity (Wildman–Crippen MR) is 31.7 cm³/mol. The molecule has 0 saturated carbocycles. The van der Waals surface area contributed by atoms with Gasteiger partial charge >= 0.3 is 0 Å². The van der Waals surface area contributed by atoms with Crippen molar-refractivity contribution in [2.24, 2.45) is 0 Å². The van der Waals surface area contributed by atoms with E-state index < -0.39 is 12.2 Å². The van der Waals surface area contributed by atoms with Crippen LogP contribution in [-0.2, 0) is 4.74 Å². The first kappa shape index (κ1) is 6.58. The fourth-order valence-electron chi connectivity index (χ4n) is 0.715. The van der Waals surface area contributed by atoms with E-state index in [-0.39, 0.29) is 6.61 Å². The number of rotatable bonds is 0. The van der Waals surface area contributed by atoms with Gasteiger partial charge in [-0.05, 0) is 13.0 Å². The normalized spacial score (nSPS) is 35.2. The number of aliphatic hydroxyl groups excluding tert-OH is 2. The summed E-state index contributed by atoms with van der Waals surface area (Å²) in [5.74, 6) is 0.674. The second kappa shape index (κ2) is 2.37. The van der Waals surface area contributed by atoms with Gasteiger partial charge in [0.15, 0.2) is 0 Å². The Hall–Kier alpha value is -0.540. The van der Waals surface area contributed by atoms with Crippen molar-refractivity contribution in [2.75, 3.05) is 6.61 Å². The van der Waals surface area contributed by atoms with Gasteiger partial charge in [-0.2, -0.15) is 0 Å². The maximum Gasteiger partial charge on any atom is 0.117 e. The fraction of sp³-hybridized carbons (Fsp3) is 0.667. The van der Waals surface area contributed by atoms with Crippen molar-refractivity contribution < 1.29 is 14.9 Å². The van der Waals surface area contributed by atoms with E-state index >= 15 is 0 Å². The lowest BCUT2D eigenvalue weighted by Crippen LogP contribution is -2.32. The van der Waals surface area contributed by atoms with E-state index in [2.05, 4.69) is 0 Å². The highest BCUT2D eigenvalue weighted by Gasteiger charge is 2.19. The van der Waals surface area contributed by atoms with Crippen LogP contribution in [-0.4, -0.2) is 29.0 Å². The molecule has 0 saturated heterocycles. The number of hydrogen-bond acceptors (Lipinski definition) is 3. The van der Waals surface area contributed by atoms with Crippen molar-refractivity contribution in [1.29, 1.82) is 0 Å². The van der Waals surface area contributed by atoms with Crippen LogP contribution in [0.2, 0.25) is 0 Å². The van der Waals surface area contributed by atoms with Crippen molar-refractivity contribution >= 4 is 0 Å². The monoisotopic (exact) mass is 130 g/mol. The van der Waals surface area contributed by atoms with E-state index in [1.54, 1.807) is 6.92 Å². The first-order chi connectivity index (χ1) is 4.20. The Bertz CT molecular complexity index is 130. The van der Waals surface area contributed by atoms with Gasteiger partial charge in [0, 0.05) is 0 Å². The van der Waals surface area contributed by atoms with Crippen LogP contribution in [0.5, 0.6) is 0 Å². The fourth-order valence-corrected chi connectivity index (χ4v) is 0.715. The van der Waals surface area contributed by atoms with E-state index in [0.717, 1.165) is 0 Å². The molecule has 0 amide bonds. The standard InChI is InChI=1S/C6H10O3/c1-4-2-5(7)6(8)3-9-4/h2,5-8H,3H2,1H3/t5-,6?/m0/s1. The van der Waals surface area contributed by atoms with Crippen LogP contribution >= 0.6 is 0 Å². The van der Waals surface area contributed by atoms with E-state index in [1.807, 2.05) is 0 Å². The van der Waals surface area contributed by atoms with Crippen molar-refractivity contribution in [3.63, 3.8) is 0 Å². The van der Waals surface area contributed by atoms with Crippen molar-refractivity contribution in [1.82, 2.24) is 0 Å². The van der Waals surface area contributed by atoms with Crippen LogP contribution in [0, 0.1) is 0 Å². The molecule has 1 rings (SSSR count). The quantitative estimate of drug-likeness (QED) is 0.471. The minimum Gasteiger partial charge on any atom is -0.496 e. The van der Waals surface area contributed by atoms with E-state index in [4.69, 9.17) is 14.9 Å². The molecule has 0 aromatic rings. The molecule has 0 bridgehead atoms. The van der Waals surface area contributed by atoms with Crippen molar-refractivity contribution in [3.8, 4) is 0 Å². The second-order valence-corrected chi connectivity index (χ2v) is 2.15. The molecule has 0 aromatic heterocycles. The Morgan fingerprint density at radius 3 is 2.78 bits per heavy atom. The molecule has 1 unspecified atom stereocenters. The summed E-state index contributed by atoms with van der Waals surface area (Å²) in [6, 6.07) is 0. The van der Waals surface area contributed by atoms with Gasteiger partial charge in [-0.25, -0.2) is 0 Å². The molecular weight excluding hydrogens is 120 g/mol. The summed E-state index contributed by atoms with van der Waals surface area (Å²) in [4.78, 5) is 0. The molecule has 0 radical (unpaired) electrons. The molecule has 1 heterocycles. The molecule has 52 valence electrons. The van der Waals surface area contributed by atoms with Gasteiger partial charge in [0.25, 0.3) is 0 Å². The summed E-state index contributed by atoms with van der Waals surface area (Å²) < 4.78 is 4.91. The zero-order valence-corrected chi connectivity index (χ0v) is 5.24. The van der Waals surface area contributed by atoms with Gasteiger partial charge in [0.1, 0.15) is 18.8 Å². The average molecular weight is 130 g/mol. The lowest BCUT2D eigenvalue weighted by atomic mass is 10.1. The highest BCUT2D eigenvalue weighted by Crippen LogP contribution is 2.09. The van der Waals surface area contributed by atoms with Crippen LogP contribution in [0.3, 0.4) is 0 Å². The SMILES string of the molecule is CC1=C[C@H](O)C(O)CO1. The number of hydrogen-bond donors (Lipinski definition) is 2. The third kappa shape index (κ3) is 1.43. The third-order valence-corrected chi connectivity index (χ3v) is 1.28. The molecular formula is C6H10O3. The Balaban J connectivity index is 2.58. The van der Waals surface area contributed by atoms with Crippen LogP contribution in [0.4, 0.5) is 0 Å². The zero-order chi connectivity index (χ0) is 6.85. The van der Waals surface area contributed by atoms with Crippen molar-refractivity contribution in [2.45, 2.75) is 19.1 Å². The second-order valence-electron chi connectivity index (χ2n) is 2.15. The van der Waals surface area contributed by atoms with Gasteiger partial charge in [0.05, 0.1) is 5.76 Å². The summed E-state index contributed by atoms with van der Waals surface area (Å²) in [5, 5.41) is 17.8. The van der Waals surface area contributed by atoms with Gasteiger partial charge in [-0.1, -0.05) is 0 Å². The van der Waals surface area contributed by atoms with Gasteiger partial charge in [0.2, 0.25) is 0 Å². The maximum atomic E-state index is 8.94. The minimum atomic E-state index is -0.756. The largest absolute Gasteiger partial charge is 0.496 e. The first-order valence-corrected chi connectivity index (χ1v) is 2.87. The molecule has 2 atom stereocenters. The lowest BCUT2D eigenvalue weighted by molar-refractivity contribution is -0.0196. The average Bonchev–Trinajstić information content (AvgIpc) is 1.80. The summed E-state index contributed by atoms with van der Waals surface area (Å²) in [6.07, 6.45) is -0.0128. The predicted octanol–water partition coefficient (Wildman–Crippen LogP) is -0.358. The number of aliphatic hydroxyl groups is 2. The number of allylic oxidation sites excluding steroid dienone is 1. The van der Waals surface area contributed by atoms with Gasteiger partial charge in [-0.3, -0.25) is 0 Å². The molecule has 1 aliphatic rings. The minimum absolute atomic E-state index is 0.198. The molecule has 2 N–H and O–H groups in total. The highest BCUT2D eigenvalue weighted by molar-refractivity contribution is 5.00. The van der Waals surface area contributed by atoms with Crippen LogP contribution in [0.15, 0.2) is 11.8 Å². The maximum absolute atomic E-state index is 8.94. The van der Waals surface area contributed by atoms with Gasteiger partial charge < -0.3 is 14.9 Å². The Kier molecular flexibility index (Phi) is 1.73. The Labute approximate surface area is 53.6 Å². The summed E-state index contributed by atoms with van der Waals surface area (Å²) in [5.41, 5.74) is 0. The Morgan fingerprint density at radius 2 is 2.33 bits per heavy atom. The first-order valence-electron chi connectivity index (χ1n) is 2.87. The lowest BCUT2D eigenvalue weighted by Gasteiger charge is -2.21. The van der Waals surface area contributed by atoms with Crippen LogP contribution in [0.1, 0.15) is 6.92 Å². The smallest absolute Gasteiger partial charge is 0.117 e. The van der Waals surface area contributed by atoms with E-state index in [1.165, 1.54) is 6.08 Å². The molecule has 3 nitrogen and oxygen atoms in total. The Morgan fingerprint density at radius 1 is 1.67 bits per heavy atom. The molecule has 0 spiro atoms. The molecule has 9 heavy (non-hydrogen) atoms. The molecule has 1 aliphatic heterocycles. The molecule has 0 aliphatic carbocycles. The molecule has 0 fully saturated rings. The van der Waals surface area contributed by atoms with Crippen LogP contribution < -0.4 is 0 Å². The highest BCUT2D eigenvalue weighted by atomic mass is 16.5. The van der Waals surface area contributed by atoms with Gasteiger partial charge in [-0.15, -0.1) is 0 Å². The molecule has 0 aromatic carbocycles. The van der Waals surface area contributed by atoms with E-state index in [9.17, 15) is 0 Å².